The molecule has 1 saturated heterocycles. The number of nitrogens with zero attached hydrogens (tertiary/aromatic N) is 4. The van der Waals surface area contributed by atoms with Gasteiger partial charge < -0.3 is 9.64 Å². The van der Waals surface area contributed by atoms with E-state index in [9.17, 15) is 13.6 Å². The summed E-state index contributed by atoms with van der Waals surface area (Å²) in [4.78, 5) is 15.2. The van der Waals surface area contributed by atoms with Gasteiger partial charge in [-0.3, -0.25) is 4.57 Å². The average Bonchev–Trinajstić information content (AvgIpc) is 3.60. The van der Waals surface area contributed by atoms with E-state index in [1.165, 1.54) is 16.7 Å². The van der Waals surface area contributed by atoms with Gasteiger partial charge >= 0.3 is 6.09 Å². The number of piperidine rings is 1. The van der Waals surface area contributed by atoms with Crippen LogP contribution in [0.3, 0.4) is 0 Å². The predicted molar refractivity (Wildman–Crippen MR) is 158 cm³/mol. The molecule has 0 aliphatic carbocycles. The van der Waals surface area contributed by atoms with Crippen LogP contribution in [0.5, 0.6) is 0 Å². The summed E-state index contributed by atoms with van der Waals surface area (Å²) in [6, 6.07) is 14.5. The Labute approximate surface area is 240 Å². The Morgan fingerprint density at radius 2 is 1.85 bits per heavy atom. The molecule has 4 aromatic rings. The summed E-state index contributed by atoms with van der Waals surface area (Å²) in [6.45, 7) is 11.7. The highest BCUT2D eigenvalue weighted by atomic mass is 19.3. The van der Waals surface area contributed by atoms with E-state index in [4.69, 9.17) is 4.74 Å². The maximum absolute atomic E-state index is 13.1. The second kappa shape index (κ2) is 11.8. The van der Waals surface area contributed by atoms with E-state index in [0.29, 0.717) is 12.5 Å². The molecule has 0 saturated carbocycles. The van der Waals surface area contributed by atoms with Gasteiger partial charge in [0.25, 0.3) is 0 Å². The number of aryl methyl sites for hydroxylation is 2. The summed E-state index contributed by atoms with van der Waals surface area (Å²) in [5.74, 6) is 0.514. The lowest BCUT2D eigenvalue weighted by Gasteiger charge is -2.39. The molecule has 0 N–H and O–H groups in total. The van der Waals surface area contributed by atoms with E-state index in [1.807, 2.05) is 56.9 Å². The smallest absolute Gasteiger partial charge is 0.418 e. The number of alkyl halides is 2. The zero-order chi connectivity index (χ0) is 29.3. The van der Waals surface area contributed by atoms with Gasteiger partial charge in [0, 0.05) is 43.5 Å². The van der Waals surface area contributed by atoms with Crippen molar-refractivity contribution in [2.24, 2.45) is 5.92 Å². The molecule has 218 valence electrons. The number of carbonyl (C=O) groups excluding carboxylic acids is 1. The summed E-state index contributed by atoms with van der Waals surface area (Å²) in [7, 11) is 0. The molecule has 8 heteroatoms. The molecule has 2 atom stereocenters. The van der Waals surface area contributed by atoms with Gasteiger partial charge in [-0.25, -0.2) is 18.3 Å². The minimum absolute atomic E-state index is 0.106. The van der Waals surface area contributed by atoms with Gasteiger partial charge in [0.1, 0.15) is 5.60 Å². The maximum atomic E-state index is 13.1. The van der Waals surface area contributed by atoms with Crippen LogP contribution in [-0.4, -0.2) is 57.0 Å². The van der Waals surface area contributed by atoms with Crippen LogP contribution in [0, 0.1) is 19.8 Å². The van der Waals surface area contributed by atoms with Gasteiger partial charge in [-0.2, -0.15) is 5.10 Å². The fourth-order valence-corrected chi connectivity index (χ4v) is 6.24. The van der Waals surface area contributed by atoms with Crippen LogP contribution in [0.15, 0.2) is 61.1 Å². The number of ether oxygens (including phenoxy) is 1. The topological polar surface area (TPSA) is 52.3 Å². The maximum Gasteiger partial charge on any atom is 0.418 e. The predicted octanol–water partition coefficient (Wildman–Crippen LogP) is 7.53. The van der Waals surface area contributed by atoms with Gasteiger partial charge in [-0.15, -0.1) is 0 Å². The SMILES string of the molecule is Cc1cc(C)c2c(ccn2C(=O)OC(C)(C)C)c1C[C@@H]1CCN(CCC(F)F)C[C@H]1c1ccc(-n2cccn2)cc1. The second-order valence-electron chi connectivity index (χ2n) is 12.3. The number of fused-ring (bicyclic) bond motifs is 1. The van der Waals surface area contributed by atoms with Crippen LogP contribution in [0.4, 0.5) is 13.6 Å². The number of rotatable bonds is 7. The lowest BCUT2D eigenvalue weighted by molar-refractivity contribution is 0.0544. The molecule has 3 heterocycles. The standard InChI is InChI=1S/C33H40F2N4O2/c1-22-19-23(2)31-27(12-18-38(31)32(40)41-33(3,4)5)28(22)20-25-11-16-37(17-13-30(34)35)21-29(25)24-7-9-26(10-8-24)39-15-6-14-36-39/h6-10,12,14-15,18-19,25,29-30H,11,13,16-17,20-21H2,1-5H3/t25-,29-/m0/s1. The van der Waals surface area contributed by atoms with Gasteiger partial charge in [-0.05, 0) is 112 Å². The molecule has 1 aliphatic rings. The zero-order valence-electron chi connectivity index (χ0n) is 24.6. The van der Waals surface area contributed by atoms with Gasteiger partial charge in [0.15, 0.2) is 0 Å². The quantitative estimate of drug-likeness (QED) is 0.234. The molecule has 2 aromatic carbocycles. The van der Waals surface area contributed by atoms with Gasteiger partial charge in [-0.1, -0.05) is 18.2 Å². The molecule has 0 bridgehead atoms. The molecule has 0 spiro atoms. The fourth-order valence-electron chi connectivity index (χ4n) is 6.24. The van der Waals surface area contributed by atoms with Crippen molar-refractivity contribution in [2.45, 2.75) is 71.8 Å². The first kappa shape index (κ1) is 29.0. The van der Waals surface area contributed by atoms with Crippen molar-refractivity contribution in [3.63, 3.8) is 0 Å². The lowest BCUT2D eigenvalue weighted by atomic mass is 9.76. The third-order valence-electron chi connectivity index (χ3n) is 8.14. The zero-order valence-corrected chi connectivity index (χ0v) is 24.6. The molecule has 1 fully saturated rings. The Kier molecular flexibility index (Phi) is 8.32. The van der Waals surface area contributed by atoms with Crippen molar-refractivity contribution in [1.29, 1.82) is 0 Å². The first-order chi connectivity index (χ1) is 19.5. The number of likely N-dealkylation sites (tertiary alicyclic amines) is 1. The Morgan fingerprint density at radius 1 is 1.10 bits per heavy atom. The Bertz CT molecular complexity index is 1490. The van der Waals surface area contributed by atoms with Crippen molar-refractivity contribution in [2.75, 3.05) is 19.6 Å². The van der Waals surface area contributed by atoms with Crippen LogP contribution < -0.4 is 0 Å². The van der Waals surface area contributed by atoms with Gasteiger partial charge in [0.05, 0.1) is 11.2 Å². The number of carbonyl (C=O) groups is 1. The highest BCUT2D eigenvalue weighted by Gasteiger charge is 2.32. The molecular weight excluding hydrogens is 522 g/mol. The molecule has 0 amide bonds. The van der Waals surface area contributed by atoms with Crippen molar-refractivity contribution >= 4 is 17.0 Å². The van der Waals surface area contributed by atoms with E-state index >= 15 is 0 Å². The van der Waals surface area contributed by atoms with E-state index in [1.54, 1.807) is 10.8 Å². The number of hydrogen-bond donors (Lipinski definition) is 0. The van der Waals surface area contributed by atoms with Crippen LogP contribution >= 0.6 is 0 Å². The van der Waals surface area contributed by atoms with Crippen LogP contribution in [-0.2, 0) is 11.2 Å². The summed E-state index contributed by atoms with van der Waals surface area (Å²) >= 11 is 0. The highest BCUT2D eigenvalue weighted by Crippen LogP contribution is 2.38. The Balaban J connectivity index is 1.47. The Morgan fingerprint density at radius 3 is 2.51 bits per heavy atom. The molecule has 0 unspecified atom stereocenters. The molecule has 5 rings (SSSR count). The summed E-state index contributed by atoms with van der Waals surface area (Å²) in [5.41, 5.74) is 5.95. The summed E-state index contributed by atoms with van der Waals surface area (Å²) < 4.78 is 35.3. The van der Waals surface area contributed by atoms with Gasteiger partial charge in [0.2, 0.25) is 6.43 Å². The van der Waals surface area contributed by atoms with Crippen molar-refractivity contribution in [1.82, 2.24) is 19.2 Å². The molecule has 2 aromatic heterocycles. The lowest BCUT2D eigenvalue weighted by Crippen LogP contribution is -2.41. The summed E-state index contributed by atoms with van der Waals surface area (Å²) in [5, 5.41) is 5.41. The number of halogens is 2. The molecule has 41 heavy (non-hydrogen) atoms. The van der Waals surface area contributed by atoms with Crippen LogP contribution in [0.25, 0.3) is 16.6 Å². The minimum Gasteiger partial charge on any atom is -0.443 e. The number of hydrogen-bond acceptors (Lipinski definition) is 4. The monoisotopic (exact) mass is 562 g/mol. The third-order valence-corrected chi connectivity index (χ3v) is 8.14. The van der Waals surface area contributed by atoms with E-state index in [2.05, 4.69) is 47.3 Å². The van der Waals surface area contributed by atoms with Crippen LogP contribution in [0.2, 0.25) is 0 Å². The molecule has 6 nitrogen and oxygen atoms in total. The average molecular weight is 563 g/mol. The molecular formula is C33H40F2N4O2. The second-order valence-corrected chi connectivity index (χ2v) is 12.3. The normalized spacial score (nSPS) is 18.3. The number of aromatic nitrogens is 3. The third kappa shape index (κ3) is 6.53. The minimum atomic E-state index is -2.29. The van der Waals surface area contributed by atoms with Crippen LogP contribution in [0.1, 0.15) is 61.8 Å². The van der Waals surface area contributed by atoms with E-state index in [0.717, 1.165) is 48.1 Å². The van der Waals surface area contributed by atoms with E-state index < -0.39 is 12.0 Å². The Hall–Kier alpha value is -3.52. The number of benzene rings is 2. The van der Waals surface area contributed by atoms with Crippen molar-refractivity contribution < 1.29 is 18.3 Å². The molecule has 1 aliphatic heterocycles. The largest absolute Gasteiger partial charge is 0.443 e. The van der Waals surface area contributed by atoms with Crippen molar-refractivity contribution in [3.8, 4) is 5.69 Å². The first-order valence-corrected chi connectivity index (χ1v) is 14.4. The first-order valence-electron chi connectivity index (χ1n) is 14.4. The van der Waals surface area contributed by atoms with Crippen molar-refractivity contribution in [3.05, 3.63) is 83.3 Å². The van der Waals surface area contributed by atoms with E-state index in [-0.39, 0.29) is 18.4 Å². The molecule has 0 radical (unpaired) electrons. The summed E-state index contributed by atoms with van der Waals surface area (Å²) in [6.07, 6.45) is 4.46. The highest BCUT2D eigenvalue weighted by molar-refractivity contribution is 5.94. The fraction of sp³-hybridized carbons (Fsp3) is 0.455.